The normalized spacial score (nSPS) is 11.0. The second-order valence-electron chi connectivity index (χ2n) is 6.00. The summed E-state index contributed by atoms with van der Waals surface area (Å²) in [5.41, 5.74) is 4.94. The summed E-state index contributed by atoms with van der Waals surface area (Å²) in [6.07, 6.45) is 3.37. The van der Waals surface area contributed by atoms with Gasteiger partial charge in [-0.2, -0.15) is 5.10 Å². The van der Waals surface area contributed by atoms with Crippen LogP contribution in [0.25, 0.3) is 0 Å². The van der Waals surface area contributed by atoms with Crippen molar-refractivity contribution in [2.75, 3.05) is 6.61 Å². The van der Waals surface area contributed by atoms with Gasteiger partial charge in [-0.1, -0.05) is 50.2 Å². The SMILES string of the molecule is CC(C)c1ccc(OCC(=O)N/N=C/CCc2ccccc2)c(Br)c1. The number of hydrogen-bond donors (Lipinski definition) is 1. The average molecular weight is 403 g/mol. The Morgan fingerprint density at radius 1 is 1.24 bits per heavy atom. The number of hydrogen-bond acceptors (Lipinski definition) is 3. The molecular formula is C20H23BrN2O2. The minimum absolute atomic E-state index is 0.0738. The average Bonchev–Trinajstić information content (AvgIpc) is 2.61. The van der Waals surface area contributed by atoms with Crippen LogP contribution in [0, 0.1) is 0 Å². The van der Waals surface area contributed by atoms with Gasteiger partial charge in [-0.25, -0.2) is 5.43 Å². The number of nitrogens with zero attached hydrogens (tertiary/aromatic N) is 1. The molecule has 0 aliphatic carbocycles. The molecule has 0 bridgehead atoms. The van der Waals surface area contributed by atoms with Gasteiger partial charge in [0.25, 0.3) is 5.91 Å². The van der Waals surface area contributed by atoms with E-state index in [9.17, 15) is 4.79 Å². The van der Waals surface area contributed by atoms with Gasteiger partial charge in [-0.05, 0) is 57.9 Å². The van der Waals surface area contributed by atoms with Crippen molar-refractivity contribution in [1.82, 2.24) is 5.43 Å². The van der Waals surface area contributed by atoms with Gasteiger partial charge in [0.05, 0.1) is 4.47 Å². The summed E-state index contributed by atoms with van der Waals surface area (Å²) in [4.78, 5) is 11.8. The van der Waals surface area contributed by atoms with Crippen LogP contribution in [-0.4, -0.2) is 18.7 Å². The highest BCUT2D eigenvalue weighted by Crippen LogP contribution is 2.28. The number of benzene rings is 2. The maximum Gasteiger partial charge on any atom is 0.277 e. The Kier molecular flexibility index (Phi) is 7.67. The third-order valence-electron chi connectivity index (χ3n) is 3.67. The topological polar surface area (TPSA) is 50.7 Å². The standard InChI is InChI=1S/C20H23BrN2O2/c1-15(2)17-10-11-19(18(21)13-17)25-14-20(24)23-22-12-6-9-16-7-4-3-5-8-16/h3-5,7-8,10-13,15H,6,9,14H2,1-2H3,(H,23,24)/b22-12+. The van der Waals surface area contributed by atoms with Crippen LogP contribution >= 0.6 is 15.9 Å². The molecule has 0 aliphatic rings. The molecule has 0 heterocycles. The van der Waals surface area contributed by atoms with E-state index in [1.807, 2.05) is 36.4 Å². The van der Waals surface area contributed by atoms with Crippen molar-refractivity contribution in [1.29, 1.82) is 0 Å². The predicted molar refractivity (Wildman–Crippen MR) is 105 cm³/mol. The number of carbonyl (C=O) groups is 1. The molecule has 0 aliphatic heterocycles. The highest BCUT2D eigenvalue weighted by atomic mass is 79.9. The van der Waals surface area contributed by atoms with Gasteiger partial charge < -0.3 is 4.74 Å². The van der Waals surface area contributed by atoms with Crippen molar-refractivity contribution in [3.8, 4) is 5.75 Å². The quantitative estimate of drug-likeness (QED) is 0.514. The Hall–Kier alpha value is -2.14. The van der Waals surface area contributed by atoms with E-state index >= 15 is 0 Å². The van der Waals surface area contributed by atoms with Crippen LogP contribution in [0.4, 0.5) is 0 Å². The zero-order valence-corrected chi connectivity index (χ0v) is 16.1. The van der Waals surface area contributed by atoms with Crippen molar-refractivity contribution >= 4 is 28.1 Å². The predicted octanol–water partition coefficient (Wildman–Crippen LogP) is 4.69. The van der Waals surface area contributed by atoms with Gasteiger partial charge in [0.2, 0.25) is 0 Å². The third kappa shape index (κ3) is 6.70. The molecule has 0 saturated heterocycles. The fraction of sp³-hybridized carbons (Fsp3) is 0.300. The largest absolute Gasteiger partial charge is 0.483 e. The molecule has 132 valence electrons. The van der Waals surface area contributed by atoms with E-state index in [1.165, 1.54) is 11.1 Å². The van der Waals surface area contributed by atoms with E-state index in [4.69, 9.17) is 4.74 Å². The first-order valence-electron chi connectivity index (χ1n) is 8.33. The van der Waals surface area contributed by atoms with Crippen LogP contribution in [-0.2, 0) is 11.2 Å². The lowest BCUT2D eigenvalue weighted by Gasteiger charge is -2.10. The lowest BCUT2D eigenvalue weighted by atomic mass is 10.0. The fourth-order valence-electron chi connectivity index (χ4n) is 2.23. The molecule has 2 aromatic carbocycles. The van der Waals surface area contributed by atoms with Crippen molar-refractivity contribution in [2.24, 2.45) is 5.10 Å². The summed E-state index contributed by atoms with van der Waals surface area (Å²) in [7, 11) is 0. The first-order chi connectivity index (χ1) is 12.1. The molecule has 1 N–H and O–H groups in total. The zero-order chi connectivity index (χ0) is 18.1. The van der Waals surface area contributed by atoms with E-state index in [2.05, 4.69) is 52.4 Å². The van der Waals surface area contributed by atoms with Crippen LogP contribution in [0.2, 0.25) is 0 Å². The minimum atomic E-state index is -0.282. The monoisotopic (exact) mass is 402 g/mol. The zero-order valence-electron chi connectivity index (χ0n) is 14.5. The Morgan fingerprint density at radius 3 is 2.68 bits per heavy atom. The molecule has 25 heavy (non-hydrogen) atoms. The highest BCUT2D eigenvalue weighted by molar-refractivity contribution is 9.10. The Labute approximate surface area is 157 Å². The Morgan fingerprint density at radius 2 is 2.00 bits per heavy atom. The molecule has 0 fully saturated rings. The molecule has 2 aromatic rings. The summed E-state index contributed by atoms with van der Waals surface area (Å²) in [6.45, 7) is 4.19. The first kappa shape index (κ1) is 19.2. The molecule has 4 nitrogen and oxygen atoms in total. The van der Waals surface area contributed by atoms with Crippen molar-refractivity contribution in [3.05, 3.63) is 64.1 Å². The van der Waals surface area contributed by atoms with Gasteiger partial charge in [0.1, 0.15) is 5.75 Å². The highest BCUT2D eigenvalue weighted by Gasteiger charge is 2.07. The number of amides is 1. The molecule has 1 amide bonds. The molecule has 5 heteroatoms. The molecule has 0 unspecified atom stereocenters. The number of hydrazone groups is 1. The smallest absolute Gasteiger partial charge is 0.277 e. The second kappa shape index (κ2) is 9.99. The van der Waals surface area contributed by atoms with E-state index < -0.39 is 0 Å². The van der Waals surface area contributed by atoms with Gasteiger partial charge in [-0.15, -0.1) is 0 Å². The number of rotatable bonds is 8. The molecule has 0 saturated carbocycles. The van der Waals surface area contributed by atoms with E-state index in [0.29, 0.717) is 11.7 Å². The summed E-state index contributed by atoms with van der Waals surface area (Å²) < 4.78 is 6.37. The van der Waals surface area contributed by atoms with Crippen molar-refractivity contribution in [3.63, 3.8) is 0 Å². The van der Waals surface area contributed by atoms with E-state index in [0.717, 1.165) is 17.3 Å². The van der Waals surface area contributed by atoms with Crippen LogP contribution in [0.15, 0.2) is 58.1 Å². The Balaban J connectivity index is 1.71. The number of carbonyl (C=O) groups excluding carboxylic acids is 1. The van der Waals surface area contributed by atoms with Crippen LogP contribution in [0.3, 0.4) is 0 Å². The fourth-order valence-corrected chi connectivity index (χ4v) is 2.74. The van der Waals surface area contributed by atoms with Crippen LogP contribution in [0.5, 0.6) is 5.75 Å². The molecule has 0 spiro atoms. The maximum atomic E-state index is 11.8. The second-order valence-corrected chi connectivity index (χ2v) is 6.86. The summed E-state index contributed by atoms with van der Waals surface area (Å²) in [5.74, 6) is 0.808. The number of nitrogens with one attached hydrogen (secondary N) is 1. The first-order valence-corrected chi connectivity index (χ1v) is 9.12. The van der Waals surface area contributed by atoms with Gasteiger partial charge >= 0.3 is 0 Å². The molecule has 2 rings (SSSR count). The van der Waals surface area contributed by atoms with Gasteiger partial charge in [-0.3, -0.25) is 4.79 Å². The number of aryl methyl sites for hydroxylation is 1. The summed E-state index contributed by atoms with van der Waals surface area (Å²) >= 11 is 3.47. The number of halogens is 1. The summed E-state index contributed by atoms with van der Waals surface area (Å²) in [5, 5.41) is 3.94. The van der Waals surface area contributed by atoms with Crippen molar-refractivity contribution in [2.45, 2.75) is 32.6 Å². The third-order valence-corrected chi connectivity index (χ3v) is 4.29. The maximum absolute atomic E-state index is 11.8. The lowest BCUT2D eigenvalue weighted by Crippen LogP contribution is -2.24. The van der Waals surface area contributed by atoms with E-state index in [1.54, 1.807) is 6.21 Å². The van der Waals surface area contributed by atoms with Crippen LogP contribution < -0.4 is 10.2 Å². The molecule has 0 radical (unpaired) electrons. The van der Waals surface area contributed by atoms with E-state index in [-0.39, 0.29) is 12.5 Å². The molecule has 0 atom stereocenters. The Bertz CT molecular complexity index is 715. The molecule has 0 aromatic heterocycles. The van der Waals surface area contributed by atoms with Crippen LogP contribution in [0.1, 0.15) is 37.3 Å². The van der Waals surface area contributed by atoms with Gasteiger partial charge in [0, 0.05) is 6.21 Å². The van der Waals surface area contributed by atoms with Crippen molar-refractivity contribution < 1.29 is 9.53 Å². The van der Waals surface area contributed by atoms with Gasteiger partial charge in [0.15, 0.2) is 6.61 Å². The lowest BCUT2D eigenvalue weighted by molar-refractivity contribution is -0.123. The summed E-state index contributed by atoms with van der Waals surface area (Å²) in [6, 6.07) is 16.0. The minimum Gasteiger partial charge on any atom is -0.483 e. The number of ether oxygens (including phenoxy) is 1. The molecular weight excluding hydrogens is 380 g/mol.